The standard InChI is InChI=1S/C24H18N2O4S2/c27-17(14-9-10-18-19(11-14)30-13-29-18)12-31-24-25-22-21(16-7-4-8-20(16)32-22)23(28)26(24)15-5-2-1-3-6-15/h1-3,5-6,9-11H,4,7-8,12-13H2. The Hall–Kier alpha value is -3.10. The quantitative estimate of drug-likeness (QED) is 0.245. The van der Waals surface area contributed by atoms with Gasteiger partial charge in [-0.2, -0.15) is 0 Å². The van der Waals surface area contributed by atoms with Gasteiger partial charge in [0.2, 0.25) is 6.79 Å². The third-order valence-electron chi connectivity index (χ3n) is 5.75. The normalized spacial score (nSPS) is 14.1. The maximum Gasteiger partial charge on any atom is 0.267 e. The van der Waals surface area contributed by atoms with Gasteiger partial charge in [-0.05, 0) is 55.2 Å². The van der Waals surface area contributed by atoms with Crippen molar-refractivity contribution in [3.63, 3.8) is 0 Å². The predicted molar refractivity (Wildman–Crippen MR) is 125 cm³/mol. The van der Waals surface area contributed by atoms with Crippen molar-refractivity contribution in [3.05, 3.63) is 74.9 Å². The highest BCUT2D eigenvalue weighted by Crippen LogP contribution is 2.36. The predicted octanol–water partition coefficient (Wildman–Crippen LogP) is 4.64. The molecule has 2 aromatic carbocycles. The Morgan fingerprint density at radius 2 is 1.94 bits per heavy atom. The van der Waals surface area contributed by atoms with Crippen molar-refractivity contribution in [1.29, 1.82) is 0 Å². The third-order valence-corrected chi connectivity index (χ3v) is 7.87. The number of carbonyl (C=O) groups is 1. The Kier molecular flexibility index (Phi) is 4.77. The number of carbonyl (C=O) groups excluding carboxylic acids is 1. The highest BCUT2D eigenvalue weighted by Gasteiger charge is 2.24. The van der Waals surface area contributed by atoms with Crippen molar-refractivity contribution in [3.8, 4) is 17.2 Å². The molecular weight excluding hydrogens is 444 g/mol. The summed E-state index contributed by atoms with van der Waals surface area (Å²) in [6.07, 6.45) is 3.02. The van der Waals surface area contributed by atoms with Gasteiger partial charge in [0, 0.05) is 10.4 Å². The van der Waals surface area contributed by atoms with Crippen molar-refractivity contribution >= 4 is 39.1 Å². The van der Waals surface area contributed by atoms with E-state index in [4.69, 9.17) is 14.5 Å². The minimum Gasteiger partial charge on any atom is -0.454 e. The average molecular weight is 463 g/mol. The number of thioether (sulfide) groups is 1. The van der Waals surface area contributed by atoms with E-state index >= 15 is 0 Å². The van der Waals surface area contributed by atoms with Crippen LogP contribution in [0.2, 0.25) is 0 Å². The van der Waals surface area contributed by atoms with E-state index in [2.05, 4.69) is 0 Å². The molecule has 0 spiro atoms. The highest BCUT2D eigenvalue weighted by molar-refractivity contribution is 7.99. The van der Waals surface area contributed by atoms with Crippen molar-refractivity contribution in [1.82, 2.24) is 9.55 Å². The number of nitrogens with zero attached hydrogens (tertiary/aromatic N) is 2. The Bertz CT molecular complexity index is 1430. The van der Waals surface area contributed by atoms with Gasteiger partial charge in [-0.3, -0.25) is 14.2 Å². The lowest BCUT2D eigenvalue weighted by Gasteiger charge is -2.12. The van der Waals surface area contributed by atoms with Gasteiger partial charge in [0.05, 0.1) is 16.8 Å². The first-order valence-electron chi connectivity index (χ1n) is 10.4. The van der Waals surface area contributed by atoms with E-state index in [1.807, 2.05) is 30.3 Å². The molecule has 0 radical (unpaired) electrons. The first-order valence-corrected chi connectivity index (χ1v) is 12.2. The summed E-state index contributed by atoms with van der Waals surface area (Å²) in [5.41, 5.74) is 2.40. The molecule has 0 fully saturated rings. The van der Waals surface area contributed by atoms with Crippen LogP contribution < -0.4 is 15.0 Å². The number of benzene rings is 2. The molecule has 2 aromatic heterocycles. The number of ketones is 1. The Balaban J connectivity index is 1.39. The number of aromatic nitrogens is 2. The van der Waals surface area contributed by atoms with E-state index in [1.165, 1.54) is 16.6 Å². The fourth-order valence-electron chi connectivity index (χ4n) is 4.21. The van der Waals surface area contributed by atoms with Crippen LogP contribution in [0.1, 0.15) is 27.2 Å². The number of Topliss-reactive ketones (excluding diaryl/α,β-unsaturated/α-hetero) is 1. The molecule has 0 saturated carbocycles. The molecule has 6 rings (SSSR count). The van der Waals surface area contributed by atoms with Gasteiger partial charge in [-0.15, -0.1) is 11.3 Å². The number of fused-ring (bicyclic) bond motifs is 4. The van der Waals surface area contributed by atoms with E-state index in [1.54, 1.807) is 34.1 Å². The van der Waals surface area contributed by atoms with Gasteiger partial charge in [0.15, 0.2) is 22.4 Å². The monoisotopic (exact) mass is 462 g/mol. The second-order valence-electron chi connectivity index (χ2n) is 7.69. The van der Waals surface area contributed by atoms with E-state index in [-0.39, 0.29) is 23.9 Å². The summed E-state index contributed by atoms with van der Waals surface area (Å²) in [6, 6.07) is 14.7. The maximum atomic E-state index is 13.6. The second kappa shape index (κ2) is 7.79. The zero-order chi connectivity index (χ0) is 21.7. The summed E-state index contributed by atoms with van der Waals surface area (Å²) in [7, 11) is 0. The van der Waals surface area contributed by atoms with E-state index in [9.17, 15) is 9.59 Å². The minimum absolute atomic E-state index is 0.0568. The SMILES string of the molecule is O=C(CSc1nc2sc3c(c2c(=O)n1-c1ccccc1)CCC3)c1ccc2c(c1)OCO2. The largest absolute Gasteiger partial charge is 0.454 e. The van der Waals surface area contributed by atoms with Gasteiger partial charge in [-0.25, -0.2) is 4.98 Å². The summed E-state index contributed by atoms with van der Waals surface area (Å²) in [6.45, 7) is 0.166. The summed E-state index contributed by atoms with van der Waals surface area (Å²) >= 11 is 2.89. The van der Waals surface area contributed by atoms with Crippen LogP contribution in [0.3, 0.4) is 0 Å². The van der Waals surface area contributed by atoms with E-state index in [0.717, 1.165) is 40.7 Å². The lowest BCUT2D eigenvalue weighted by Crippen LogP contribution is -2.22. The molecule has 0 bridgehead atoms. The molecule has 0 atom stereocenters. The van der Waals surface area contributed by atoms with Crippen LogP contribution in [0.5, 0.6) is 11.5 Å². The second-order valence-corrected chi connectivity index (χ2v) is 9.71. The summed E-state index contributed by atoms with van der Waals surface area (Å²) < 4.78 is 12.4. The molecule has 1 aliphatic heterocycles. The molecule has 0 N–H and O–H groups in total. The van der Waals surface area contributed by atoms with E-state index < -0.39 is 0 Å². The highest BCUT2D eigenvalue weighted by atomic mass is 32.2. The fourth-order valence-corrected chi connectivity index (χ4v) is 6.42. The number of hydrogen-bond acceptors (Lipinski definition) is 7. The average Bonchev–Trinajstić information content (AvgIpc) is 3.53. The molecule has 32 heavy (non-hydrogen) atoms. The first kappa shape index (κ1) is 19.6. The topological polar surface area (TPSA) is 70.4 Å². The molecule has 4 aromatic rings. The lowest BCUT2D eigenvalue weighted by atomic mass is 10.1. The first-order chi connectivity index (χ1) is 15.7. The Morgan fingerprint density at radius 3 is 2.81 bits per heavy atom. The number of aryl methyl sites for hydroxylation is 2. The number of para-hydroxylation sites is 1. The molecule has 3 heterocycles. The van der Waals surface area contributed by atoms with Gasteiger partial charge in [0.1, 0.15) is 4.83 Å². The van der Waals surface area contributed by atoms with Crippen LogP contribution in [0.25, 0.3) is 15.9 Å². The molecule has 2 aliphatic rings. The van der Waals surface area contributed by atoms with Gasteiger partial charge < -0.3 is 9.47 Å². The van der Waals surface area contributed by atoms with Crippen molar-refractivity contribution in [2.75, 3.05) is 12.5 Å². The zero-order valence-corrected chi connectivity index (χ0v) is 18.6. The van der Waals surface area contributed by atoms with E-state index in [0.29, 0.717) is 22.2 Å². The summed E-state index contributed by atoms with van der Waals surface area (Å²) in [5.74, 6) is 1.32. The molecule has 6 nitrogen and oxygen atoms in total. The molecule has 0 amide bonds. The van der Waals surface area contributed by atoms with Crippen LogP contribution in [-0.2, 0) is 12.8 Å². The van der Waals surface area contributed by atoms with Crippen molar-refractivity contribution in [2.45, 2.75) is 24.4 Å². The van der Waals surface area contributed by atoms with Gasteiger partial charge in [-0.1, -0.05) is 30.0 Å². The van der Waals surface area contributed by atoms with Crippen LogP contribution in [0.15, 0.2) is 58.5 Å². The molecule has 0 saturated heterocycles. The van der Waals surface area contributed by atoms with Crippen LogP contribution in [0, 0.1) is 0 Å². The minimum atomic E-state index is -0.0593. The van der Waals surface area contributed by atoms with Crippen LogP contribution in [-0.4, -0.2) is 27.9 Å². The maximum absolute atomic E-state index is 13.6. The van der Waals surface area contributed by atoms with Gasteiger partial charge in [0.25, 0.3) is 5.56 Å². The molecule has 160 valence electrons. The smallest absolute Gasteiger partial charge is 0.267 e. The van der Waals surface area contributed by atoms with Crippen molar-refractivity contribution < 1.29 is 14.3 Å². The fraction of sp³-hybridized carbons (Fsp3) is 0.208. The van der Waals surface area contributed by atoms with Crippen LogP contribution in [0.4, 0.5) is 0 Å². The number of thiophene rings is 1. The number of ether oxygens (including phenoxy) is 2. The summed E-state index contributed by atoms with van der Waals surface area (Å²) in [5, 5.41) is 1.26. The van der Waals surface area contributed by atoms with Crippen molar-refractivity contribution in [2.24, 2.45) is 0 Å². The van der Waals surface area contributed by atoms with Crippen LogP contribution >= 0.6 is 23.1 Å². The molecule has 0 unspecified atom stereocenters. The summed E-state index contributed by atoms with van der Waals surface area (Å²) in [4.78, 5) is 33.4. The number of rotatable bonds is 5. The number of hydrogen-bond donors (Lipinski definition) is 0. The molecule has 8 heteroatoms. The molecule has 1 aliphatic carbocycles. The van der Waals surface area contributed by atoms with Gasteiger partial charge >= 0.3 is 0 Å². The lowest BCUT2D eigenvalue weighted by molar-refractivity contribution is 0.102. The third kappa shape index (κ3) is 3.22. The Morgan fingerprint density at radius 1 is 1.09 bits per heavy atom. The Labute approximate surface area is 191 Å². The zero-order valence-electron chi connectivity index (χ0n) is 17.0. The molecular formula is C24H18N2O4S2.